The van der Waals surface area contributed by atoms with Gasteiger partial charge in [-0.05, 0) is 49.2 Å². The molecule has 6 nitrogen and oxygen atoms in total. The van der Waals surface area contributed by atoms with Gasteiger partial charge in [-0.2, -0.15) is 5.26 Å². The lowest BCUT2D eigenvalue weighted by atomic mass is 10.0. The van der Waals surface area contributed by atoms with Gasteiger partial charge in [0, 0.05) is 17.0 Å². The first kappa shape index (κ1) is 21.1. The molecule has 0 radical (unpaired) electrons. The molecular weight excluding hydrogens is 398 g/mol. The Bertz CT molecular complexity index is 1130. The van der Waals surface area contributed by atoms with Crippen LogP contribution in [0.25, 0.3) is 17.3 Å². The van der Waals surface area contributed by atoms with Crippen molar-refractivity contribution in [1.29, 1.82) is 5.26 Å². The predicted molar refractivity (Wildman–Crippen MR) is 119 cm³/mol. The van der Waals surface area contributed by atoms with Gasteiger partial charge in [-0.15, -0.1) is 11.3 Å². The quantitative estimate of drug-likeness (QED) is 0.546. The van der Waals surface area contributed by atoms with Crippen LogP contribution < -0.4 is 14.8 Å². The first-order valence-corrected chi connectivity index (χ1v) is 10.1. The van der Waals surface area contributed by atoms with Crippen molar-refractivity contribution >= 4 is 28.5 Å². The SMILES string of the molecule is COc1cc(/C=C/C(=O)Nc2nc(-c3cc(C)ccc3C)cs2)ccc1OCC#N. The molecule has 0 bridgehead atoms. The third-order valence-electron chi connectivity index (χ3n) is 4.31. The van der Waals surface area contributed by atoms with Gasteiger partial charge in [-0.25, -0.2) is 4.98 Å². The van der Waals surface area contributed by atoms with Crippen molar-refractivity contribution in [1.82, 2.24) is 4.98 Å². The van der Waals surface area contributed by atoms with Crippen molar-refractivity contribution in [3.63, 3.8) is 0 Å². The van der Waals surface area contributed by atoms with Crippen LogP contribution >= 0.6 is 11.3 Å². The summed E-state index contributed by atoms with van der Waals surface area (Å²) in [4.78, 5) is 16.8. The standard InChI is InChI=1S/C23H21N3O3S/c1-15-4-5-16(2)18(12-15)19-14-30-23(25-19)26-22(27)9-7-17-6-8-20(29-11-10-24)21(13-17)28-3/h4-9,12-14H,11H2,1-3H3,(H,25,26,27)/b9-7+. The molecule has 0 aliphatic carbocycles. The van der Waals surface area contributed by atoms with E-state index in [9.17, 15) is 4.79 Å². The van der Waals surface area contributed by atoms with E-state index in [1.807, 2.05) is 25.3 Å². The van der Waals surface area contributed by atoms with E-state index in [4.69, 9.17) is 14.7 Å². The minimum absolute atomic E-state index is 0.0637. The first-order valence-electron chi connectivity index (χ1n) is 9.20. The zero-order valence-electron chi connectivity index (χ0n) is 16.9. The second-order valence-electron chi connectivity index (χ2n) is 6.54. The molecule has 1 N–H and O–H groups in total. The summed E-state index contributed by atoms with van der Waals surface area (Å²) >= 11 is 1.38. The van der Waals surface area contributed by atoms with E-state index in [1.54, 1.807) is 24.3 Å². The number of carbonyl (C=O) groups excluding carboxylic acids is 1. The molecule has 3 aromatic rings. The number of carbonyl (C=O) groups is 1. The second kappa shape index (κ2) is 9.72. The Morgan fingerprint density at radius 2 is 2.07 bits per heavy atom. The number of anilines is 1. The maximum absolute atomic E-state index is 12.3. The normalized spacial score (nSPS) is 10.6. The molecule has 0 saturated heterocycles. The first-order chi connectivity index (χ1) is 14.5. The maximum Gasteiger partial charge on any atom is 0.250 e. The van der Waals surface area contributed by atoms with Crippen LogP contribution in [0.1, 0.15) is 16.7 Å². The van der Waals surface area contributed by atoms with Crippen molar-refractivity contribution in [2.45, 2.75) is 13.8 Å². The van der Waals surface area contributed by atoms with E-state index in [1.165, 1.54) is 24.5 Å². The molecule has 1 heterocycles. The number of nitriles is 1. The molecule has 1 aromatic heterocycles. The molecule has 30 heavy (non-hydrogen) atoms. The Morgan fingerprint density at radius 1 is 1.23 bits per heavy atom. The summed E-state index contributed by atoms with van der Waals surface area (Å²) in [6.45, 7) is 4.02. The van der Waals surface area contributed by atoms with Crippen LogP contribution in [-0.2, 0) is 4.79 Å². The zero-order valence-corrected chi connectivity index (χ0v) is 17.7. The fourth-order valence-corrected chi connectivity index (χ4v) is 3.52. The Morgan fingerprint density at radius 3 is 2.83 bits per heavy atom. The van der Waals surface area contributed by atoms with Crippen LogP contribution in [0.4, 0.5) is 5.13 Å². The van der Waals surface area contributed by atoms with Crippen molar-refractivity contribution in [2.24, 2.45) is 0 Å². The van der Waals surface area contributed by atoms with E-state index in [2.05, 4.69) is 28.5 Å². The highest BCUT2D eigenvalue weighted by Crippen LogP contribution is 2.29. The van der Waals surface area contributed by atoms with E-state index in [-0.39, 0.29) is 12.5 Å². The summed E-state index contributed by atoms with van der Waals surface area (Å²) in [6, 6.07) is 13.3. The lowest BCUT2D eigenvalue weighted by Crippen LogP contribution is -2.07. The van der Waals surface area contributed by atoms with Crippen molar-refractivity contribution in [3.8, 4) is 28.8 Å². The smallest absolute Gasteiger partial charge is 0.250 e. The third-order valence-corrected chi connectivity index (χ3v) is 5.07. The number of hydrogen-bond donors (Lipinski definition) is 1. The van der Waals surface area contributed by atoms with E-state index < -0.39 is 0 Å². The van der Waals surface area contributed by atoms with Crippen LogP contribution in [0.15, 0.2) is 47.9 Å². The average molecular weight is 420 g/mol. The number of methoxy groups -OCH3 is 1. The van der Waals surface area contributed by atoms with Crippen LogP contribution in [0, 0.1) is 25.2 Å². The number of nitrogens with zero attached hydrogens (tertiary/aromatic N) is 2. The van der Waals surface area contributed by atoms with Crippen molar-refractivity contribution in [3.05, 3.63) is 64.5 Å². The fraction of sp³-hybridized carbons (Fsp3) is 0.174. The van der Waals surface area contributed by atoms with Gasteiger partial charge in [0.15, 0.2) is 23.2 Å². The van der Waals surface area contributed by atoms with Gasteiger partial charge < -0.3 is 9.47 Å². The Labute approximate surface area is 179 Å². The zero-order chi connectivity index (χ0) is 21.5. The third kappa shape index (κ3) is 5.25. The molecule has 0 atom stereocenters. The average Bonchev–Trinajstić information content (AvgIpc) is 3.20. The van der Waals surface area contributed by atoms with Crippen molar-refractivity contribution in [2.75, 3.05) is 19.0 Å². The molecular formula is C23H21N3O3S. The number of hydrogen-bond acceptors (Lipinski definition) is 6. The molecule has 152 valence electrons. The van der Waals surface area contributed by atoms with E-state index >= 15 is 0 Å². The number of nitrogens with one attached hydrogen (secondary N) is 1. The summed E-state index contributed by atoms with van der Waals surface area (Å²) in [6.07, 6.45) is 3.11. The summed E-state index contributed by atoms with van der Waals surface area (Å²) < 4.78 is 10.6. The van der Waals surface area contributed by atoms with E-state index in [0.717, 1.165) is 27.9 Å². The molecule has 0 aliphatic rings. The molecule has 0 fully saturated rings. The molecule has 3 rings (SSSR count). The highest BCUT2D eigenvalue weighted by molar-refractivity contribution is 7.14. The predicted octanol–water partition coefficient (Wildman–Crippen LogP) is 4.99. The van der Waals surface area contributed by atoms with Gasteiger partial charge in [0.1, 0.15) is 6.07 Å². The summed E-state index contributed by atoms with van der Waals surface area (Å²) in [7, 11) is 1.52. The molecule has 0 aliphatic heterocycles. The van der Waals surface area contributed by atoms with Gasteiger partial charge in [0.25, 0.3) is 0 Å². The Balaban J connectivity index is 1.67. The van der Waals surface area contributed by atoms with Gasteiger partial charge in [0.05, 0.1) is 12.8 Å². The number of aromatic nitrogens is 1. The van der Waals surface area contributed by atoms with Crippen LogP contribution in [0.2, 0.25) is 0 Å². The Kier molecular flexibility index (Phi) is 6.83. The summed E-state index contributed by atoms with van der Waals surface area (Å²) in [5.41, 5.74) is 4.98. The van der Waals surface area contributed by atoms with Gasteiger partial charge in [-0.3, -0.25) is 10.1 Å². The molecule has 0 unspecified atom stereocenters. The number of aryl methyl sites for hydroxylation is 2. The monoisotopic (exact) mass is 419 g/mol. The van der Waals surface area contributed by atoms with Gasteiger partial charge >= 0.3 is 0 Å². The summed E-state index contributed by atoms with van der Waals surface area (Å²) in [5, 5.41) is 13.9. The number of benzene rings is 2. The topological polar surface area (TPSA) is 84.2 Å². The number of amides is 1. The van der Waals surface area contributed by atoms with Crippen LogP contribution in [-0.4, -0.2) is 24.6 Å². The van der Waals surface area contributed by atoms with Gasteiger partial charge in [0.2, 0.25) is 5.91 Å². The highest BCUT2D eigenvalue weighted by Gasteiger charge is 2.09. The maximum atomic E-state index is 12.3. The minimum Gasteiger partial charge on any atom is -0.493 e. The fourth-order valence-electron chi connectivity index (χ4n) is 2.80. The minimum atomic E-state index is -0.277. The number of thiazole rings is 1. The van der Waals surface area contributed by atoms with Crippen LogP contribution in [0.5, 0.6) is 11.5 Å². The lowest BCUT2D eigenvalue weighted by molar-refractivity contribution is -0.111. The van der Waals surface area contributed by atoms with Gasteiger partial charge in [-0.1, -0.05) is 23.8 Å². The van der Waals surface area contributed by atoms with Crippen LogP contribution in [0.3, 0.4) is 0 Å². The molecule has 7 heteroatoms. The number of rotatable bonds is 7. The molecule has 0 spiro atoms. The molecule has 2 aromatic carbocycles. The van der Waals surface area contributed by atoms with Crippen molar-refractivity contribution < 1.29 is 14.3 Å². The highest BCUT2D eigenvalue weighted by atomic mass is 32.1. The molecule has 0 saturated carbocycles. The molecule has 1 amide bonds. The summed E-state index contributed by atoms with van der Waals surface area (Å²) in [5.74, 6) is 0.689. The largest absolute Gasteiger partial charge is 0.493 e. The number of ether oxygens (including phenoxy) is 2. The van der Waals surface area contributed by atoms with E-state index in [0.29, 0.717) is 16.6 Å². The second-order valence-corrected chi connectivity index (χ2v) is 7.39. The lowest BCUT2D eigenvalue weighted by Gasteiger charge is -2.08. The Hall–Kier alpha value is -3.63.